The second-order valence-electron chi connectivity index (χ2n) is 9.79. The molecule has 2 heterocycles. The van der Waals surface area contributed by atoms with Crippen LogP contribution in [0.2, 0.25) is 0 Å². The molecule has 0 saturated heterocycles. The first-order valence-corrected chi connectivity index (χ1v) is 11.6. The summed E-state index contributed by atoms with van der Waals surface area (Å²) in [6.45, 7) is 0.226. The molecule has 0 bridgehead atoms. The minimum atomic E-state index is -4.21. The zero-order chi connectivity index (χ0) is 34.7. The number of hydrogen-bond donors (Lipinski definition) is 2. The second-order valence-corrected chi connectivity index (χ2v) is 9.79. The molecule has 2 aliphatic rings. The first-order valence-electron chi connectivity index (χ1n) is 16.1. The smallest absolute Gasteiger partial charge is 0.395 e. The number of alkyl halides is 2. The van der Waals surface area contributed by atoms with Crippen LogP contribution in [-0.4, -0.2) is 39.5 Å². The fraction of sp³-hybridized carbons (Fsp3) is 0.464. The van der Waals surface area contributed by atoms with Crippen molar-refractivity contribution in [2.24, 2.45) is 0 Å². The van der Waals surface area contributed by atoms with Crippen LogP contribution in [0.15, 0.2) is 36.3 Å². The highest BCUT2D eigenvalue weighted by molar-refractivity contribution is 5.95. The maximum atomic E-state index is 16.1. The summed E-state index contributed by atoms with van der Waals surface area (Å²) in [5, 5.41) is 19.7. The van der Waals surface area contributed by atoms with Gasteiger partial charge in [-0.1, -0.05) is 26.8 Å². The molecule has 6 nitrogen and oxygen atoms in total. The Hall–Kier alpha value is -3.04. The number of aliphatic hydroxyl groups is 2. The van der Waals surface area contributed by atoms with E-state index in [4.69, 9.17) is 12.3 Å². The Labute approximate surface area is 225 Å². The molecule has 9 heteroatoms. The lowest BCUT2D eigenvalue weighted by atomic mass is 9.86. The van der Waals surface area contributed by atoms with Crippen LogP contribution in [0.3, 0.4) is 0 Å². The summed E-state index contributed by atoms with van der Waals surface area (Å²) >= 11 is 0. The number of ether oxygens (including phenoxy) is 2. The summed E-state index contributed by atoms with van der Waals surface area (Å²) in [6.07, 6.45) is -8.12. The summed E-state index contributed by atoms with van der Waals surface area (Å²) in [5.41, 5.74) is -4.73. The van der Waals surface area contributed by atoms with Gasteiger partial charge in [-0.2, -0.15) is 0 Å². The molecule has 0 unspecified atom stereocenters. The summed E-state index contributed by atoms with van der Waals surface area (Å²) in [4.78, 5) is 13.8. The van der Waals surface area contributed by atoms with E-state index in [1.54, 1.807) is 20.8 Å². The molecule has 0 radical (unpaired) electrons. The predicted molar refractivity (Wildman–Crippen MR) is 131 cm³/mol. The number of fused-ring (bicyclic) bond motifs is 2. The molecule has 0 amide bonds. The molecule has 37 heavy (non-hydrogen) atoms. The number of nitrogens with zero attached hydrogens (tertiary/aromatic N) is 1. The van der Waals surface area contributed by atoms with E-state index in [1.165, 1.54) is 0 Å². The van der Waals surface area contributed by atoms with Crippen LogP contribution in [-0.2, 0) is 28.5 Å². The number of halogens is 3. The van der Waals surface area contributed by atoms with E-state index in [1.807, 2.05) is 0 Å². The van der Waals surface area contributed by atoms with Gasteiger partial charge in [0.25, 0.3) is 0 Å². The molecular formula is C28H30F3NO5. The normalized spacial score (nSPS) is 23.0. The molecule has 1 saturated carbocycles. The molecule has 3 aromatic rings. The number of carbonyl (C=O) groups is 1. The summed E-state index contributed by atoms with van der Waals surface area (Å²) < 4.78 is 130. The highest BCUT2D eigenvalue weighted by atomic mass is 19.3. The quantitative estimate of drug-likeness (QED) is 0.411. The van der Waals surface area contributed by atoms with Gasteiger partial charge in [0.2, 0.25) is 0 Å². The van der Waals surface area contributed by atoms with Crippen molar-refractivity contribution in [1.82, 2.24) is 4.57 Å². The van der Waals surface area contributed by atoms with Crippen LogP contribution in [0.5, 0.6) is 11.5 Å². The van der Waals surface area contributed by atoms with E-state index in [0.29, 0.717) is 4.57 Å². The number of benzene rings is 2. The Bertz CT molecular complexity index is 1820. The third-order valence-electron chi connectivity index (χ3n) is 6.90. The van der Waals surface area contributed by atoms with E-state index >= 15 is 4.39 Å². The average molecular weight is 527 g/mol. The summed E-state index contributed by atoms with van der Waals surface area (Å²) in [6, 6.07) is -4.72. The minimum Gasteiger partial charge on any atom is -0.395 e. The van der Waals surface area contributed by atoms with Crippen molar-refractivity contribution in [3.8, 4) is 11.5 Å². The number of aliphatic hydroxyl groups excluding tert-OH is 1. The van der Waals surface area contributed by atoms with Crippen molar-refractivity contribution in [3.63, 3.8) is 0 Å². The molecule has 1 aliphatic carbocycles. The molecule has 0 spiro atoms. The summed E-state index contributed by atoms with van der Waals surface area (Å²) in [5.74, 6) is -3.98. The average Bonchev–Trinajstić information content (AvgIpc) is 3.60. The molecule has 1 fully saturated rings. The highest BCUT2D eigenvalue weighted by Crippen LogP contribution is 2.52. The van der Waals surface area contributed by atoms with Gasteiger partial charge in [0.1, 0.15) is 11.6 Å². The SMILES string of the molecule is [2H]c1c([2H])c(C2(C(=O)Cc3c(F)c([2H])c4c(c3[2H])c([2H])c(C(C)(C)CC)n4C([2H])([2H])[C@]([2H])(O)CO)CC2)c([2H])c2c1OC(F)(F)O2. The number of ketones is 1. The first-order chi connectivity index (χ1) is 21.0. The van der Waals surface area contributed by atoms with Gasteiger partial charge < -0.3 is 24.3 Å². The van der Waals surface area contributed by atoms with Gasteiger partial charge in [-0.25, -0.2) is 4.39 Å². The lowest BCUT2D eigenvalue weighted by molar-refractivity contribution is -0.286. The second kappa shape index (κ2) is 8.77. The number of Topliss-reactive ketones (excluding diaryl/α,β-unsaturated/α-hetero) is 1. The number of carbonyl (C=O) groups excluding carboxylic acids is 1. The van der Waals surface area contributed by atoms with Crippen LogP contribution in [0.1, 0.15) is 69.2 Å². The van der Waals surface area contributed by atoms with Crippen LogP contribution >= 0.6 is 0 Å². The predicted octanol–water partition coefficient (Wildman–Crippen LogP) is 4.99. The third-order valence-corrected chi connectivity index (χ3v) is 6.90. The number of rotatable bonds is 9. The monoisotopic (exact) mass is 526 g/mol. The van der Waals surface area contributed by atoms with Gasteiger partial charge in [0.05, 0.1) is 42.5 Å². The Morgan fingerprint density at radius 3 is 2.59 bits per heavy atom. The molecular weight excluding hydrogens is 487 g/mol. The van der Waals surface area contributed by atoms with Gasteiger partial charge in [0, 0.05) is 22.9 Å². The van der Waals surface area contributed by atoms with Gasteiger partial charge in [-0.05, 0) is 60.6 Å². The fourth-order valence-corrected chi connectivity index (χ4v) is 4.23. The van der Waals surface area contributed by atoms with Crippen molar-refractivity contribution >= 4 is 16.7 Å². The van der Waals surface area contributed by atoms with Crippen molar-refractivity contribution in [2.75, 3.05) is 6.61 Å². The van der Waals surface area contributed by atoms with E-state index in [0.717, 1.165) is 0 Å². The topological polar surface area (TPSA) is 80.9 Å². The van der Waals surface area contributed by atoms with E-state index in [2.05, 4.69) is 9.47 Å². The van der Waals surface area contributed by atoms with Gasteiger partial charge >= 0.3 is 6.29 Å². The van der Waals surface area contributed by atoms with Crippen molar-refractivity contribution < 1.29 is 50.0 Å². The maximum Gasteiger partial charge on any atom is 0.586 e. The third kappa shape index (κ3) is 4.48. The molecule has 2 N–H and O–H groups in total. The van der Waals surface area contributed by atoms with Crippen molar-refractivity contribution in [1.29, 1.82) is 0 Å². The largest absolute Gasteiger partial charge is 0.586 e. The van der Waals surface area contributed by atoms with E-state index in [9.17, 15) is 23.8 Å². The van der Waals surface area contributed by atoms with E-state index < -0.39 is 124 Å². The number of hydrogen-bond acceptors (Lipinski definition) is 5. The zero-order valence-corrected chi connectivity index (χ0v) is 20.2. The van der Waals surface area contributed by atoms with Gasteiger partial charge in [-0.3, -0.25) is 4.79 Å². The van der Waals surface area contributed by atoms with Crippen LogP contribution in [0.25, 0.3) is 10.9 Å². The zero-order valence-electron chi connectivity index (χ0n) is 29.2. The molecule has 2 aromatic carbocycles. The number of aromatic nitrogens is 1. The van der Waals surface area contributed by atoms with Crippen molar-refractivity contribution in [2.45, 2.75) is 76.2 Å². The standard InChI is InChI=1S/C28H30F3NO5/c1-4-26(2,3)24-10-17-9-16(20(29)13-21(17)32(24)14-19(34)15-33)11-25(35)27(7-8-27)18-5-6-22-23(12-18)37-28(30,31)36-22/h5-6,9-10,12-13,19,33-34H,4,7-8,11,14-15H2,1-3H3/t19-/m0/s1/i5D,6D,9D,10D,12D,13D,14D2,19D. The molecule has 1 aromatic heterocycles. The summed E-state index contributed by atoms with van der Waals surface area (Å²) in [7, 11) is 0. The highest BCUT2D eigenvalue weighted by Gasteiger charge is 2.52. The fourth-order valence-electron chi connectivity index (χ4n) is 4.23. The van der Waals surface area contributed by atoms with Crippen molar-refractivity contribution in [3.05, 3.63) is 58.9 Å². The molecule has 5 rings (SSSR count). The Kier molecular flexibility index (Phi) is 3.97. The Balaban J connectivity index is 1.71. The Morgan fingerprint density at radius 1 is 1.24 bits per heavy atom. The van der Waals surface area contributed by atoms with Crippen LogP contribution in [0.4, 0.5) is 13.2 Å². The van der Waals surface area contributed by atoms with Gasteiger partial charge in [0.15, 0.2) is 11.5 Å². The minimum absolute atomic E-state index is 0.0116. The lowest BCUT2D eigenvalue weighted by Crippen LogP contribution is -2.26. The molecule has 1 aliphatic heterocycles. The first kappa shape index (κ1) is 16.7. The maximum absolute atomic E-state index is 16.1. The molecule has 1 atom stereocenters. The van der Waals surface area contributed by atoms with E-state index in [-0.39, 0.29) is 25.0 Å². The molecule has 198 valence electrons. The Morgan fingerprint density at radius 2 is 1.95 bits per heavy atom. The van der Waals surface area contributed by atoms with Crippen LogP contribution < -0.4 is 9.47 Å². The van der Waals surface area contributed by atoms with Crippen LogP contribution in [0, 0.1) is 5.82 Å². The lowest BCUT2D eigenvalue weighted by Gasteiger charge is -2.26. The van der Waals surface area contributed by atoms with Gasteiger partial charge in [-0.15, -0.1) is 8.78 Å².